The van der Waals surface area contributed by atoms with Crippen molar-refractivity contribution in [2.45, 2.75) is 6.04 Å². The molecule has 0 amide bonds. The zero-order chi connectivity index (χ0) is 13.2. The van der Waals surface area contributed by atoms with E-state index in [1.165, 1.54) is 6.07 Å². The number of ether oxygens (including phenoxy) is 1. The molecular formula is C13H12BrFN2OS. The van der Waals surface area contributed by atoms with Gasteiger partial charge in [0.1, 0.15) is 10.8 Å². The third kappa shape index (κ3) is 2.86. The molecule has 1 aliphatic heterocycles. The van der Waals surface area contributed by atoms with E-state index in [1.807, 2.05) is 5.38 Å². The number of hydrogen-bond acceptors (Lipinski definition) is 4. The Morgan fingerprint density at radius 2 is 2.37 bits per heavy atom. The minimum Gasteiger partial charge on any atom is -0.378 e. The van der Waals surface area contributed by atoms with Gasteiger partial charge in [0.2, 0.25) is 0 Å². The van der Waals surface area contributed by atoms with Gasteiger partial charge < -0.3 is 10.1 Å². The Morgan fingerprint density at radius 3 is 3.11 bits per heavy atom. The molecule has 1 unspecified atom stereocenters. The highest BCUT2D eigenvalue weighted by Crippen LogP contribution is 2.29. The van der Waals surface area contributed by atoms with E-state index in [2.05, 4.69) is 26.2 Å². The van der Waals surface area contributed by atoms with E-state index in [0.717, 1.165) is 29.4 Å². The van der Waals surface area contributed by atoms with Crippen LogP contribution in [0.2, 0.25) is 0 Å². The Balaban J connectivity index is 1.85. The number of benzene rings is 1. The van der Waals surface area contributed by atoms with Crippen LogP contribution in [0.4, 0.5) is 4.39 Å². The summed E-state index contributed by atoms with van der Waals surface area (Å²) < 4.78 is 19.1. The second-order valence-electron chi connectivity index (χ2n) is 4.28. The summed E-state index contributed by atoms with van der Waals surface area (Å²) in [6.45, 7) is 2.25. The van der Waals surface area contributed by atoms with E-state index in [4.69, 9.17) is 4.74 Å². The molecule has 2 aromatic rings. The lowest BCUT2D eigenvalue weighted by molar-refractivity contribution is 0.0768. The van der Waals surface area contributed by atoms with Crippen molar-refractivity contribution in [2.75, 3.05) is 19.8 Å². The topological polar surface area (TPSA) is 34.1 Å². The predicted molar refractivity (Wildman–Crippen MR) is 76.8 cm³/mol. The molecule has 100 valence electrons. The molecule has 1 fully saturated rings. The molecule has 6 heteroatoms. The molecule has 3 nitrogen and oxygen atoms in total. The monoisotopic (exact) mass is 342 g/mol. The summed E-state index contributed by atoms with van der Waals surface area (Å²) in [6, 6.07) is 5.10. The first-order chi connectivity index (χ1) is 9.24. The van der Waals surface area contributed by atoms with E-state index in [9.17, 15) is 4.39 Å². The van der Waals surface area contributed by atoms with Crippen LogP contribution in [0.3, 0.4) is 0 Å². The lowest BCUT2D eigenvalue weighted by atomic mass is 10.2. The number of thiazole rings is 1. The number of halogens is 2. The van der Waals surface area contributed by atoms with Gasteiger partial charge in [0.05, 0.1) is 29.4 Å². The van der Waals surface area contributed by atoms with E-state index in [-0.39, 0.29) is 11.9 Å². The van der Waals surface area contributed by atoms with Crippen LogP contribution >= 0.6 is 27.3 Å². The van der Waals surface area contributed by atoms with Gasteiger partial charge in [-0.25, -0.2) is 9.37 Å². The molecule has 1 aromatic heterocycles. The minimum absolute atomic E-state index is 0.163. The molecule has 1 aliphatic rings. The van der Waals surface area contributed by atoms with Gasteiger partial charge in [0.15, 0.2) is 0 Å². The normalized spacial score (nSPS) is 19.6. The highest BCUT2D eigenvalue weighted by atomic mass is 79.9. The van der Waals surface area contributed by atoms with Crippen LogP contribution in [-0.4, -0.2) is 24.7 Å². The maximum absolute atomic E-state index is 13.2. The Labute approximate surface area is 122 Å². The number of morpholine rings is 1. The Kier molecular flexibility index (Phi) is 3.93. The van der Waals surface area contributed by atoms with Gasteiger partial charge in [-0.05, 0) is 34.1 Å². The molecule has 1 saturated heterocycles. The third-order valence-corrected chi connectivity index (χ3v) is 4.52. The molecular weight excluding hydrogens is 331 g/mol. The third-order valence-electron chi connectivity index (χ3n) is 2.96. The van der Waals surface area contributed by atoms with E-state index in [1.54, 1.807) is 23.5 Å². The van der Waals surface area contributed by atoms with E-state index >= 15 is 0 Å². The summed E-state index contributed by atoms with van der Waals surface area (Å²) >= 11 is 4.79. The number of hydrogen-bond donors (Lipinski definition) is 1. The van der Waals surface area contributed by atoms with Crippen LogP contribution in [0.15, 0.2) is 28.1 Å². The zero-order valence-corrected chi connectivity index (χ0v) is 12.4. The van der Waals surface area contributed by atoms with Crippen molar-refractivity contribution in [1.82, 2.24) is 10.3 Å². The van der Waals surface area contributed by atoms with Gasteiger partial charge in [0, 0.05) is 17.5 Å². The van der Waals surface area contributed by atoms with Crippen molar-refractivity contribution in [3.8, 4) is 11.3 Å². The van der Waals surface area contributed by atoms with Crippen LogP contribution in [0.5, 0.6) is 0 Å². The van der Waals surface area contributed by atoms with Crippen molar-refractivity contribution in [3.05, 3.63) is 38.9 Å². The molecule has 0 aliphatic carbocycles. The molecule has 19 heavy (non-hydrogen) atoms. The Hall–Kier alpha value is -0.820. The van der Waals surface area contributed by atoms with Gasteiger partial charge >= 0.3 is 0 Å². The standard InChI is InChI=1S/C13H12BrFN2OS/c14-9-5-8(1-2-10(9)15)12-7-19-13(17-12)11-6-18-4-3-16-11/h1-2,5,7,11,16H,3-4,6H2. The van der Waals surface area contributed by atoms with Crippen LogP contribution < -0.4 is 5.32 Å². The van der Waals surface area contributed by atoms with Crippen molar-refractivity contribution < 1.29 is 9.13 Å². The Morgan fingerprint density at radius 1 is 1.47 bits per heavy atom. The minimum atomic E-state index is -0.262. The fourth-order valence-electron chi connectivity index (χ4n) is 1.96. The second kappa shape index (κ2) is 5.66. The summed E-state index contributed by atoms with van der Waals surface area (Å²) in [5.41, 5.74) is 1.78. The van der Waals surface area contributed by atoms with Crippen molar-refractivity contribution >= 4 is 27.3 Å². The lowest BCUT2D eigenvalue weighted by Gasteiger charge is -2.21. The summed E-state index contributed by atoms with van der Waals surface area (Å²) in [5.74, 6) is -0.262. The van der Waals surface area contributed by atoms with Gasteiger partial charge in [0.25, 0.3) is 0 Å². The fraction of sp³-hybridized carbons (Fsp3) is 0.308. The maximum Gasteiger partial charge on any atom is 0.137 e. The van der Waals surface area contributed by atoms with Crippen LogP contribution in [0.1, 0.15) is 11.0 Å². The molecule has 0 radical (unpaired) electrons. The summed E-state index contributed by atoms with van der Waals surface area (Å²) in [6.07, 6.45) is 0. The maximum atomic E-state index is 13.2. The SMILES string of the molecule is Fc1ccc(-c2csc(C3COCCN3)n2)cc1Br. The number of nitrogens with zero attached hydrogens (tertiary/aromatic N) is 1. The summed E-state index contributed by atoms with van der Waals surface area (Å²) in [5, 5.41) is 6.38. The smallest absolute Gasteiger partial charge is 0.137 e. The van der Waals surface area contributed by atoms with Gasteiger partial charge in [-0.15, -0.1) is 11.3 Å². The highest BCUT2D eigenvalue weighted by molar-refractivity contribution is 9.10. The molecule has 0 bridgehead atoms. The molecule has 1 N–H and O–H groups in total. The van der Waals surface area contributed by atoms with Gasteiger partial charge in [-0.3, -0.25) is 0 Å². The largest absolute Gasteiger partial charge is 0.378 e. The molecule has 0 saturated carbocycles. The average Bonchev–Trinajstić information content (AvgIpc) is 2.93. The van der Waals surface area contributed by atoms with Gasteiger partial charge in [-0.1, -0.05) is 0 Å². The first kappa shape index (κ1) is 13.2. The van der Waals surface area contributed by atoms with E-state index in [0.29, 0.717) is 11.1 Å². The average molecular weight is 343 g/mol. The van der Waals surface area contributed by atoms with Crippen LogP contribution in [0.25, 0.3) is 11.3 Å². The van der Waals surface area contributed by atoms with Crippen LogP contribution in [-0.2, 0) is 4.74 Å². The van der Waals surface area contributed by atoms with Gasteiger partial charge in [-0.2, -0.15) is 0 Å². The fourth-order valence-corrected chi connectivity index (χ4v) is 3.23. The number of nitrogens with one attached hydrogen (secondary N) is 1. The molecule has 1 aromatic carbocycles. The highest BCUT2D eigenvalue weighted by Gasteiger charge is 2.19. The first-order valence-electron chi connectivity index (χ1n) is 5.96. The van der Waals surface area contributed by atoms with Crippen molar-refractivity contribution in [3.63, 3.8) is 0 Å². The van der Waals surface area contributed by atoms with E-state index < -0.39 is 0 Å². The molecule has 2 heterocycles. The molecule has 3 rings (SSSR count). The lowest BCUT2D eigenvalue weighted by Crippen LogP contribution is -2.34. The quantitative estimate of drug-likeness (QED) is 0.908. The second-order valence-corrected chi connectivity index (χ2v) is 6.03. The van der Waals surface area contributed by atoms with Crippen molar-refractivity contribution in [1.29, 1.82) is 0 Å². The first-order valence-corrected chi connectivity index (χ1v) is 7.63. The predicted octanol–water partition coefficient (Wildman–Crippen LogP) is 3.37. The zero-order valence-electron chi connectivity index (χ0n) is 10.0. The number of aromatic nitrogens is 1. The molecule has 0 spiro atoms. The Bertz CT molecular complexity index is 584. The molecule has 1 atom stereocenters. The van der Waals surface area contributed by atoms with Crippen molar-refractivity contribution in [2.24, 2.45) is 0 Å². The van der Waals surface area contributed by atoms with Crippen LogP contribution in [0, 0.1) is 5.82 Å². The number of rotatable bonds is 2. The summed E-state index contributed by atoms with van der Waals surface area (Å²) in [7, 11) is 0. The summed E-state index contributed by atoms with van der Waals surface area (Å²) in [4.78, 5) is 4.61.